The van der Waals surface area contributed by atoms with Gasteiger partial charge in [-0.25, -0.2) is 9.78 Å². The lowest BCUT2D eigenvalue weighted by Gasteiger charge is -2.26. The molecule has 1 aliphatic heterocycles. The van der Waals surface area contributed by atoms with Crippen molar-refractivity contribution in [1.82, 2.24) is 4.98 Å². The van der Waals surface area contributed by atoms with E-state index in [2.05, 4.69) is 27.5 Å². The maximum atomic E-state index is 11.2. The fourth-order valence-electron chi connectivity index (χ4n) is 2.52. The molecule has 0 bridgehead atoms. The second kappa shape index (κ2) is 6.21. The maximum Gasteiger partial charge on any atom is 0.361 e. The van der Waals surface area contributed by atoms with Gasteiger partial charge in [-0.2, -0.15) is 0 Å². The third-order valence-electron chi connectivity index (χ3n) is 3.42. The molecule has 0 unspecified atom stereocenters. The van der Waals surface area contributed by atoms with Gasteiger partial charge in [0.2, 0.25) is 5.69 Å². The lowest BCUT2D eigenvalue weighted by atomic mass is 10.1. The molecule has 1 saturated heterocycles. The maximum absolute atomic E-state index is 11.2. The first kappa shape index (κ1) is 15.4. The number of nitrogens with zero attached hydrogens (tertiary/aromatic N) is 3. The number of aromatic carboxylic acids is 1. The molecule has 1 fully saturated rings. The van der Waals surface area contributed by atoms with Crippen LogP contribution in [0.25, 0.3) is 0 Å². The van der Waals surface area contributed by atoms with Crippen LogP contribution in [-0.2, 0) is 0 Å². The number of halogens is 1. The van der Waals surface area contributed by atoms with Gasteiger partial charge in [0.1, 0.15) is 5.82 Å². The second-order valence-corrected chi connectivity index (χ2v) is 5.59. The van der Waals surface area contributed by atoms with Gasteiger partial charge >= 0.3 is 11.7 Å². The lowest BCUT2D eigenvalue weighted by Crippen LogP contribution is -2.30. The number of carboxylic acid groups (broad SMARTS) is 1. The van der Waals surface area contributed by atoms with E-state index >= 15 is 0 Å². The van der Waals surface area contributed by atoms with Crippen LogP contribution < -0.4 is 4.90 Å². The van der Waals surface area contributed by atoms with Crippen LogP contribution in [0.1, 0.15) is 29.8 Å². The molecule has 1 N–H and O–H groups in total. The minimum Gasteiger partial charge on any atom is -0.476 e. The Hall–Kier alpha value is -1.96. The summed E-state index contributed by atoms with van der Waals surface area (Å²) in [4.78, 5) is 27.4. The number of pyridine rings is 1. The number of aromatic nitrogens is 1. The van der Waals surface area contributed by atoms with Gasteiger partial charge in [-0.05, 0) is 35.2 Å². The monoisotopic (exact) mass is 355 g/mol. The number of anilines is 1. The summed E-state index contributed by atoms with van der Waals surface area (Å²) in [5.74, 6) is -0.975. The first-order valence-corrected chi connectivity index (χ1v) is 7.20. The molecule has 0 spiro atoms. The molecule has 2 heterocycles. The molecular weight excluding hydrogens is 342 g/mol. The molecule has 112 valence electrons. The Labute approximate surface area is 129 Å². The molecule has 0 aromatic carbocycles. The summed E-state index contributed by atoms with van der Waals surface area (Å²) in [6, 6.07) is 1.39. The molecule has 1 aliphatic rings. The van der Waals surface area contributed by atoms with Crippen molar-refractivity contribution in [2.24, 2.45) is 0 Å². The van der Waals surface area contributed by atoms with Gasteiger partial charge in [0.15, 0.2) is 0 Å². The van der Waals surface area contributed by atoms with Crippen LogP contribution in [0.15, 0.2) is 23.2 Å². The van der Waals surface area contributed by atoms with Crippen molar-refractivity contribution >= 4 is 33.4 Å². The highest BCUT2D eigenvalue weighted by atomic mass is 79.9. The van der Waals surface area contributed by atoms with Crippen LogP contribution in [0.5, 0.6) is 0 Å². The van der Waals surface area contributed by atoms with Crippen molar-refractivity contribution in [3.8, 4) is 0 Å². The normalized spacial score (nSPS) is 17.8. The smallest absolute Gasteiger partial charge is 0.361 e. The molecule has 0 amide bonds. The van der Waals surface area contributed by atoms with E-state index in [0.717, 1.165) is 25.8 Å². The van der Waals surface area contributed by atoms with Gasteiger partial charge in [0, 0.05) is 18.7 Å². The number of rotatable bonds is 5. The summed E-state index contributed by atoms with van der Waals surface area (Å²) < 4.78 is 0.426. The van der Waals surface area contributed by atoms with E-state index in [-0.39, 0.29) is 6.04 Å². The highest BCUT2D eigenvalue weighted by Gasteiger charge is 2.30. The van der Waals surface area contributed by atoms with E-state index < -0.39 is 22.3 Å². The highest BCUT2D eigenvalue weighted by Crippen LogP contribution is 2.35. The summed E-state index contributed by atoms with van der Waals surface area (Å²) >= 11 is 3.26. The number of hydrogen-bond acceptors (Lipinski definition) is 5. The second-order valence-electron chi connectivity index (χ2n) is 4.74. The molecule has 1 aromatic rings. The molecule has 8 heteroatoms. The third kappa shape index (κ3) is 3.05. The van der Waals surface area contributed by atoms with Crippen molar-refractivity contribution in [3.05, 3.63) is 39.0 Å². The van der Waals surface area contributed by atoms with E-state index in [4.69, 9.17) is 5.11 Å². The molecule has 1 aromatic heterocycles. The SMILES string of the molecule is C=CC[C@@H]1CCCN1c1nc(C(=O)O)c([N+](=O)[O-])cc1Br. The Bertz CT molecular complexity index is 605. The number of nitro groups is 1. The predicted molar refractivity (Wildman–Crippen MR) is 80.7 cm³/mol. The summed E-state index contributed by atoms with van der Waals surface area (Å²) in [6.45, 7) is 4.45. The quantitative estimate of drug-likeness (QED) is 0.495. The average molecular weight is 356 g/mol. The van der Waals surface area contributed by atoms with E-state index in [0.29, 0.717) is 10.3 Å². The minimum atomic E-state index is -1.41. The Morgan fingerprint density at radius 2 is 2.43 bits per heavy atom. The van der Waals surface area contributed by atoms with Crippen molar-refractivity contribution in [1.29, 1.82) is 0 Å². The molecule has 2 rings (SSSR count). The van der Waals surface area contributed by atoms with E-state index in [1.54, 1.807) is 6.08 Å². The zero-order chi connectivity index (χ0) is 15.6. The van der Waals surface area contributed by atoms with E-state index in [1.165, 1.54) is 6.07 Å². The molecule has 0 radical (unpaired) electrons. The fraction of sp³-hybridized carbons (Fsp3) is 0.385. The summed E-state index contributed by atoms with van der Waals surface area (Å²) in [5, 5.41) is 20.1. The standard InChI is InChI=1S/C13H14BrN3O4/c1-2-4-8-5-3-6-16(8)12-9(14)7-10(17(20)21)11(15-12)13(18)19/h2,7-8H,1,3-6H2,(H,18,19)/t8-/m1/s1. The van der Waals surface area contributed by atoms with E-state index in [9.17, 15) is 14.9 Å². The fourth-order valence-corrected chi connectivity index (χ4v) is 3.05. The van der Waals surface area contributed by atoms with Crippen LogP contribution in [-0.4, -0.2) is 33.6 Å². The van der Waals surface area contributed by atoms with Crippen LogP contribution in [0.3, 0.4) is 0 Å². The van der Waals surface area contributed by atoms with Gasteiger partial charge < -0.3 is 10.0 Å². The van der Waals surface area contributed by atoms with Gasteiger partial charge in [-0.1, -0.05) is 6.08 Å². The Balaban J connectivity index is 2.49. The Kier molecular flexibility index (Phi) is 4.56. The van der Waals surface area contributed by atoms with Gasteiger partial charge in [0.05, 0.1) is 9.40 Å². The van der Waals surface area contributed by atoms with Gasteiger partial charge in [-0.15, -0.1) is 6.58 Å². The molecule has 21 heavy (non-hydrogen) atoms. The zero-order valence-electron chi connectivity index (χ0n) is 11.2. The molecule has 1 atom stereocenters. The first-order valence-electron chi connectivity index (χ1n) is 6.41. The predicted octanol–water partition coefficient (Wildman–Crippen LogP) is 3.00. The Morgan fingerprint density at radius 3 is 3.00 bits per heavy atom. The number of carboxylic acids is 1. The summed E-state index contributed by atoms with van der Waals surface area (Å²) in [7, 11) is 0. The average Bonchev–Trinajstić information content (AvgIpc) is 2.86. The van der Waals surface area contributed by atoms with Gasteiger partial charge in [0.25, 0.3) is 0 Å². The van der Waals surface area contributed by atoms with E-state index in [1.807, 2.05) is 4.90 Å². The Morgan fingerprint density at radius 1 is 1.71 bits per heavy atom. The van der Waals surface area contributed by atoms with Crippen molar-refractivity contribution in [2.45, 2.75) is 25.3 Å². The highest BCUT2D eigenvalue weighted by molar-refractivity contribution is 9.10. The summed E-state index contributed by atoms with van der Waals surface area (Å²) in [6.07, 6.45) is 4.49. The van der Waals surface area contributed by atoms with Crippen molar-refractivity contribution < 1.29 is 14.8 Å². The van der Waals surface area contributed by atoms with Crippen LogP contribution in [0.4, 0.5) is 11.5 Å². The molecule has 7 nitrogen and oxygen atoms in total. The van der Waals surface area contributed by atoms with Crippen molar-refractivity contribution in [3.63, 3.8) is 0 Å². The molecule has 0 aliphatic carbocycles. The largest absolute Gasteiger partial charge is 0.476 e. The number of carbonyl (C=O) groups is 1. The first-order chi connectivity index (χ1) is 9.95. The van der Waals surface area contributed by atoms with Gasteiger partial charge in [-0.3, -0.25) is 10.1 Å². The van der Waals surface area contributed by atoms with Crippen molar-refractivity contribution in [2.75, 3.05) is 11.4 Å². The lowest BCUT2D eigenvalue weighted by molar-refractivity contribution is -0.385. The number of hydrogen-bond donors (Lipinski definition) is 1. The molecule has 0 saturated carbocycles. The topological polar surface area (TPSA) is 96.6 Å². The third-order valence-corrected chi connectivity index (χ3v) is 4.01. The summed E-state index contributed by atoms with van der Waals surface area (Å²) in [5.41, 5.74) is -1.06. The molecular formula is C13H14BrN3O4. The van der Waals surface area contributed by atoms with Crippen LogP contribution in [0, 0.1) is 10.1 Å². The zero-order valence-corrected chi connectivity index (χ0v) is 12.7. The minimum absolute atomic E-state index is 0.189. The van der Waals surface area contributed by atoms with Crippen LogP contribution in [0.2, 0.25) is 0 Å². The van der Waals surface area contributed by atoms with Crippen LogP contribution >= 0.6 is 15.9 Å².